The first-order valence-electron chi connectivity index (χ1n) is 9.89. The van der Waals surface area contributed by atoms with Crippen LogP contribution in [0.4, 0.5) is 0 Å². The average molecular weight is 413 g/mol. The number of fused-ring (bicyclic) bond motifs is 1. The Kier molecular flexibility index (Phi) is 6.00. The predicted octanol–water partition coefficient (Wildman–Crippen LogP) is 5.82. The van der Waals surface area contributed by atoms with Gasteiger partial charge in [0.15, 0.2) is 0 Å². The molecule has 1 fully saturated rings. The molecule has 0 bridgehead atoms. The van der Waals surface area contributed by atoms with Gasteiger partial charge in [-0.15, -0.1) is 11.3 Å². The number of hydrogen-bond donors (Lipinski definition) is 1. The van der Waals surface area contributed by atoms with Gasteiger partial charge in [0.2, 0.25) is 0 Å². The number of hydrogen-bond acceptors (Lipinski definition) is 3. The minimum absolute atomic E-state index is 0.0817. The van der Waals surface area contributed by atoms with E-state index in [-0.39, 0.29) is 11.9 Å². The number of amides is 1. The predicted molar refractivity (Wildman–Crippen MR) is 119 cm³/mol. The Hall–Kier alpha value is -1.88. The standard InChI is InChI=1S/C23H25ClN2OS/c1-16-10-11-18-20(14-16)28-22(21(18)24)23(27)25-15-19(17-8-4-2-5-9-17)26-12-6-3-7-13-26/h2,4-5,8-11,14,19H,3,6-7,12-13,15H2,1H3,(H,25,27)/t19-/m0/s1. The van der Waals surface area contributed by atoms with Crippen LogP contribution in [0.15, 0.2) is 48.5 Å². The molecule has 2 aromatic carbocycles. The summed E-state index contributed by atoms with van der Waals surface area (Å²) in [5, 5.41) is 4.67. The number of nitrogens with zero attached hydrogens (tertiary/aromatic N) is 1. The summed E-state index contributed by atoms with van der Waals surface area (Å²) < 4.78 is 1.06. The van der Waals surface area contributed by atoms with E-state index < -0.39 is 0 Å². The van der Waals surface area contributed by atoms with Gasteiger partial charge in [-0.1, -0.05) is 60.5 Å². The molecule has 1 N–H and O–H groups in total. The molecule has 4 rings (SSSR count). The van der Waals surface area contributed by atoms with Gasteiger partial charge < -0.3 is 5.32 Å². The fraction of sp³-hybridized carbons (Fsp3) is 0.348. The van der Waals surface area contributed by atoms with Crippen LogP contribution < -0.4 is 5.32 Å². The number of halogens is 1. The Morgan fingerprint density at radius 1 is 1.14 bits per heavy atom. The summed E-state index contributed by atoms with van der Waals surface area (Å²) in [6.07, 6.45) is 3.73. The molecule has 3 nitrogen and oxygen atoms in total. The third kappa shape index (κ3) is 4.09. The molecule has 5 heteroatoms. The van der Waals surface area contributed by atoms with Crippen molar-refractivity contribution >= 4 is 38.9 Å². The highest BCUT2D eigenvalue weighted by Gasteiger charge is 2.24. The first-order valence-corrected chi connectivity index (χ1v) is 11.1. The van der Waals surface area contributed by atoms with Crippen molar-refractivity contribution in [1.29, 1.82) is 0 Å². The largest absolute Gasteiger partial charge is 0.349 e. The van der Waals surface area contributed by atoms with Gasteiger partial charge in [-0.3, -0.25) is 9.69 Å². The third-order valence-corrected chi connectivity index (χ3v) is 7.12. The SMILES string of the molecule is Cc1ccc2c(Cl)c(C(=O)NC[C@@H](c3ccccc3)N3CCCCC3)sc2c1. The molecule has 1 aliphatic heterocycles. The summed E-state index contributed by atoms with van der Waals surface area (Å²) in [6, 6.07) is 16.8. The van der Waals surface area contributed by atoms with E-state index in [4.69, 9.17) is 11.6 Å². The normalized spacial score (nSPS) is 16.2. The van der Waals surface area contributed by atoms with E-state index in [1.165, 1.54) is 41.7 Å². The zero-order valence-corrected chi connectivity index (χ0v) is 17.7. The highest BCUT2D eigenvalue weighted by atomic mass is 35.5. The van der Waals surface area contributed by atoms with Crippen molar-refractivity contribution in [3.8, 4) is 0 Å². The summed E-state index contributed by atoms with van der Waals surface area (Å²) in [5.41, 5.74) is 2.43. The minimum Gasteiger partial charge on any atom is -0.349 e. The summed E-state index contributed by atoms with van der Waals surface area (Å²) in [4.78, 5) is 16.0. The van der Waals surface area contributed by atoms with Gasteiger partial charge in [-0.25, -0.2) is 0 Å². The van der Waals surface area contributed by atoms with E-state index in [2.05, 4.69) is 47.5 Å². The molecule has 1 atom stereocenters. The molecule has 2 heterocycles. The number of piperidine rings is 1. The number of carbonyl (C=O) groups is 1. The maximum Gasteiger partial charge on any atom is 0.262 e. The summed E-state index contributed by atoms with van der Waals surface area (Å²) >= 11 is 8.00. The van der Waals surface area contributed by atoms with Crippen LogP contribution in [0.25, 0.3) is 10.1 Å². The summed E-state index contributed by atoms with van der Waals surface area (Å²) in [5.74, 6) is -0.0817. The highest BCUT2D eigenvalue weighted by molar-refractivity contribution is 7.21. The fourth-order valence-electron chi connectivity index (χ4n) is 3.95. The van der Waals surface area contributed by atoms with Crippen molar-refractivity contribution in [3.63, 3.8) is 0 Å². The molecule has 1 aliphatic rings. The zero-order chi connectivity index (χ0) is 19.5. The second-order valence-corrected chi connectivity index (χ2v) is 8.91. The topological polar surface area (TPSA) is 32.3 Å². The number of benzene rings is 2. The molecule has 0 spiro atoms. The molecule has 3 aromatic rings. The van der Waals surface area contributed by atoms with E-state index in [0.29, 0.717) is 16.4 Å². The average Bonchev–Trinajstić information content (AvgIpc) is 3.05. The molecule has 1 amide bonds. The lowest BCUT2D eigenvalue weighted by atomic mass is 10.0. The fourth-order valence-corrected chi connectivity index (χ4v) is 5.48. The molecule has 0 radical (unpaired) electrons. The number of rotatable bonds is 5. The molecule has 0 saturated carbocycles. The first-order chi connectivity index (χ1) is 13.6. The Labute approximate surface area is 175 Å². The summed E-state index contributed by atoms with van der Waals surface area (Å²) in [7, 11) is 0. The van der Waals surface area contributed by atoms with Crippen molar-refractivity contribution in [2.24, 2.45) is 0 Å². The lowest BCUT2D eigenvalue weighted by Gasteiger charge is -2.35. The Morgan fingerprint density at radius 3 is 2.64 bits per heavy atom. The van der Waals surface area contributed by atoms with Gasteiger partial charge in [0, 0.05) is 16.6 Å². The van der Waals surface area contributed by atoms with Gasteiger partial charge in [-0.2, -0.15) is 0 Å². The highest BCUT2D eigenvalue weighted by Crippen LogP contribution is 2.36. The van der Waals surface area contributed by atoms with Crippen LogP contribution in [0, 0.1) is 6.92 Å². The molecule has 0 unspecified atom stereocenters. The number of carbonyl (C=O) groups excluding carboxylic acids is 1. The minimum atomic E-state index is -0.0817. The Balaban J connectivity index is 1.53. The Morgan fingerprint density at radius 2 is 1.89 bits per heavy atom. The van der Waals surface area contributed by atoms with E-state index >= 15 is 0 Å². The first kappa shape index (κ1) is 19.4. The number of nitrogens with one attached hydrogen (secondary N) is 1. The van der Waals surface area contributed by atoms with E-state index in [9.17, 15) is 4.79 Å². The van der Waals surface area contributed by atoms with Crippen molar-refractivity contribution in [2.75, 3.05) is 19.6 Å². The summed E-state index contributed by atoms with van der Waals surface area (Å²) in [6.45, 7) is 4.80. The molecule has 28 heavy (non-hydrogen) atoms. The van der Waals surface area contributed by atoms with Gasteiger partial charge in [0.1, 0.15) is 4.88 Å². The third-order valence-electron chi connectivity index (χ3n) is 5.46. The quantitative estimate of drug-likeness (QED) is 0.572. The van der Waals surface area contributed by atoms with Crippen molar-refractivity contribution in [2.45, 2.75) is 32.2 Å². The number of likely N-dealkylation sites (tertiary alicyclic amines) is 1. The van der Waals surface area contributed by atoms with Crippen LogP contribution in [-0.2, 0) is 0 Å². The molecule has 1 saturated heterocycles. The number of aryl methyl sites for hydroxylation is 1. The number of thiophene rings is 1. The maximum atomic E-state index is 12.9. The van der Waals surface area contributed by atoms with E-state index in [1.807, 2.05) is 18.2 Å². The second kappa shape index (κ2) is 8.64. The van der Waals surface area contributed by atoms with Crippen LogP contribution in [0.1, 0.15) is 46.1 Å². The molecule has 1 aromatic heterocycles. The van der Waals surface area contributed by atoms with Crippen molar-refractivity contribution in [3.05, 3.63) is 69.6 Å². The van der Waals surface area contributed by atoms with Crippen LogP contribution in [0.2, 0.25) is 5.02 Å². The monoisotopic (exact) mass is 412 g/mol. The lowest BCUT2D eigenvalue weighted by Crippen LogP contribution is -2.40. The van der Waals surface area contributed by atoms with Gasteiger partial charge in [0.05, 0.1) is 11.1 Å². The van der Waals surface area contributed by atoms with Crippen molar-refractivity contribution in [1.82, 2.24) is 10.2 Å². The van der Waals surface area contributed by atoms with Crippen LogP contribution in [0.5, 0.6) is 0 Å². The van der Waals surface area contributed by atoms with E-state index in [0.717, 1.165) is 23.2 Å². The zero-order valence-electron chi connectivity index (χ0n) is 16.1. The Bertz CT molecular complexity index is 963. The van der Waals surface area contributed by atoms with Crippen molar-refractivity contribution < 1.29 is 4.79 Å². The van der Waals surface area contributed by atoms with Gasteiger partial charge in [0.25, 0.3) is 5.91 Å². The molecular weight excluding hydrogens is 388 g/mol. The van der Waals surface area contributed by atoms with Gasteiger partial charge >= 0.3 is 0 Å². The molecule has 0 aliphatic carbocycles. The molecular formula is C23H25ClN2OS. The van der Waals surface area contributed by atoms with Crippen LogP contribution >= 0.6 is 22.9 Å². The van der Waals surface area contributed by atoms with Crippen LogP contribution in [0.3, 0.4) is 0 Å². The van der Waals surface area contributed by atoms with Crippen LogP contribution in [-0.4, -0.2) is 30.4 Å². The molecule has 146 valence electrons. The lowest BCUT2D eigenvalue weighted by molar-refractivity contribution is 0.0928. The second-order valence-electron chi connectivity index (χ2n) is 7.48. The van der Waals surface area contributed by atoms with E-state index in [1.54, 1.807) is 0 Å². The maximum absolute atomic E-state index is 12.9. The van der Waals surface area contributed by atoms with Gasteiger partial charge in [-0.05, 0) is 50.0 Å². The smallest absolute Gasteiger partial charge is 0.262 e.